The quantitative estimate of drug-likeness (QED) is 0.760. The molecule has 0 heterocycles. The summed E-state index contributed by atoms with van der Waals surface area (Å²) < 4.78 is 13.7. The first-order chi connectivity index (χ1) is 7.15. The average Bonchev–Trinajstić information content (AvgIpc) is 2.09. The van der Waals surface area contributed by atoms with Crippen LogP contribution in [0.1, 0.15) is 36.0 Å². The summed E-state index contributed by atoms with van der Waals surface area (Å²) in [4.78, 5) is 11.8. The number of Topliss-reactive ketones (excluding diaryl/α,β-unsaturated/α-hetero) is 1. The Labute approximate surface area is 96.8 Å². The van der Waals surface area contributed by atoms with Crippen LogP contribution < -0.4 is 0 Å². The molecule has 1 nitrogen and oxygen atoms in total. The Hall–Kier alpha value is -0.700. The van der Waals surface area contributed by atoms with E-state index >= 15 is 0 Å². The average molecular weight is 271 g/mol. The minimum Gasteiger partial charge on any atom is -0.294 e. The van der Waals surface area contributed by atoms with E-state index in [0.717, 1.165) is 12.8 Å². The number of hydrogen-bond donors (Lipinski definition) is 0. The highest BCUT2D eigenvalue weighted by molar-refractivity contribution is 9.10. The summed E-state index contributed by atoms with van der Waals surface area (Å²) in [6.07, 6.45) is 4.07. The van der Waals surface area contributed by atoms with Gasteiger partial charge in [-0.3, -0.25) is 4.79 Å². The van der Waals surface area contributed by atoms with E-state index in [1.807, 2.05) is 0 Å². The van der Waals surface area contributed by atoms with E-state index in [0.29, 0.717) is 22.4 Å². The van der Waals surface area contributed by atoms with Crippen LogP contribution in [0.2, 0.25) is 0 Å². The fraction of sp³-hybridized carbons (Fsp3) is 0.417. The van der Waals surface area contributed by atoms with Crippen molar-refractivity contribution in [3.63, 3.8) is 0 Å². The lowest BCUT2D eigenvalue weighted by atomic mass is 9.81. The molecule has 1 aliphatic carbocycles. The van der Waals surface area contributed by atoms with Crippen molar-refractivity contribution in [2.75, 3.05) is 0 Å². The molecule has 0 radical (unpaired) electrons. The van der Waals surface area contributed by atoms with Gasteiger partial charge >= 0.3 is 0 Å². The number of hydrogen-bond acceptors (Lipinski definition) is 1. The normalized spacial score (nSPS) is 16.1. The topological polar surface area (TPSA) is 17.1 Å². The minimum atomic E-state index is -0.360. The molecule has 80 valence electrons. The van der Waals surface area contributed by atoms with E-state index in [-0.39, 0.29) is 11.6 Å². The third-order valence-corrected chi connectivity index (χ3v) is 3.34. The van der Waals surface area contributed by atoms with Crippen molar-refractivity contribution >= 4 is 21.7 Å². The zero-order chi connectivity index (χ0) is 10.8. The number of halogens is 2. The van der Waals surface area contributed by atoms with E-state index in [1.54, 1.807) is 6.07 Å². The van der Waals surface area contributed by atoms with Crippen LogP contribution in [0.25, 0.3) is 0 Å². The van der Waals surface area contributed by atoms with Crippen LogP contribution in [0.4, 0.5) is 4.39 Å². The van der Waals surface area contributed by atoms with Crippen molar-refractivity contribution in [1.82, 2.24) is 0 Å². The van der Waals surface area contributed by atoms with Crippen LogP contribution in [-0.4, -0.2) is 5.78 Å². The van der Waals surface area contributed by atoms with Crippen LogP contribution in [0, 0.1) is 11.7 Å². The monoisotopic (exact) mass is 270 g/mol. The van der Waals surface area contributed by atoms with Crippen LogP contribution in [-0.2, 0) is 0 Å². The second-order valence-electron chi connectivity index (χ2n) is 4.08. The molecule has 3 heteroatoms. The first kappa shape index (κ1) is 10.8. The van der Waals surface area contributed by atoms with E-state index < -0.39 is 0 Å². The van der Waals surface area contributed by atoms with Gasteiger partial charge in [-0.2, -0.15) is 0 Å². The Bertz CT molecular complexity index is 365. The first-order valence-electron chi connectivity index (χ1n) is 5.14. The molecule has 1 aromatic rings. The third-order valence-electron chi connectivity index (χ3n) is 2.88. The molecule has 1 aliphatic rings. The Morgan fingerprint density at radius 3 is 2.67 bits per heavy atom. The molecular weight excluding hydrogens is 259 g/mol. The second kappa shape index (κ2) is 4.44. The van der Waals surface area contributed by atoms with Gasteiger partial charge in [-0.1, -0.05) is 35.2 Å². The van der Waals surface area contributed by atoms with Crippen molar-refractivity contribution in [2.45, 2.75) is 25.7 Å². The van der Waals surface area contributed by atoms with Gasteiger partial charge < -0.3 is 0 Å². The number of benzene rings is 1. The van der Waals surface area contributed by atoms with E-state index in [1.165, 1.54) is 18.6 Å². The van der Waals surface area contributed by atoms with Crippen molar-refractivity contribution in [1.29, 1.82) is 0 Å². The number of carbonyl (C=O) groups excluding carboxylic acids is 1. The summed E-state index contributed by atoms with van der Waals surface area (Å²) in [5.41, 5.74) is 0.480. The fourth-order valence-corrected chi connectivity index (χ4v) is 2.26. The van der Waals surface area contributed by atoms with Gasteiger partial charge in [-0.05, 0) is 24.1 Å². The lowest BCUT2D eigenvalue weighted by Gasteiger charge is -2.24. The fourth-order valence-electron chi connectivity index (χ4n) is 1.79. The van der Waals surface area contributed by atoms with Gasteiger partial charge in [0.15, 0.2) is 5.78 Å². The lowest BCUT2D eigenvalue weighted by molar-refractivity contribution is 0.0936. The molecule has 0 atom stereocenters. The van der Waals surface area contributed by atoms with Crippen molar-refractivity contribution in [3.05, 3.63) is 34.1 Å². The lowest BCUT2D eigenvalue weighted by Crippen LogP contribution is -2.16. The SMILES string of the molecule is O=C(CC1CCC1)c1cc(F)cc(Br)c1. The van der Waals surface area contributed by atoms with Gasteiger partial charge in [-0.15, -0.1) is 0 Å². The molecular formula is C12H12BrFO. The third kappa shape index (κ3) is 2.65. The molecule has 1 aromatic carbocycles. The summed E-state index contributed by atoms with van der Waals surface area (Å²) in [6.45, 7) is 0. The highest BCUT2D eigenvalue weighted by Crippen LogP contribution is 2.30. The summed E-state index contributed by atoms with van der Waals surface area (Å²) in [5.74, 6) is 0.223. The van der Waals surface area contributed by atoms with E-state index in [2.05, 4.69) is 15.9 Å². The van der Waals surface area contributed by atoms with Crippen LogP contribution in [0.15, 0.2) is 22.7 Å². The molecule has 2 rings (SSSR count). The maximum absolute atomic E-state index is 13.0. The highest BCUT2D eigenvalue weighted by Gasteiger charge is 2.21. The molecule has 0 spiro atoms. The molecule has 1 fully saturated rings. The zero-order valence-corrected chi connectivity index (χ0v) is 9.89. The second-order valence-corrected chi connectivity index (χ2v) is 5.00. The van der Waals surface area contributed by atoms with Crippen molar-refractivity contribution in [3.8, 4) is 0 Å². The molecule has 0 aromatic heterocycles. The molecule has 1 saturated carbocycles. The maximum Gasteiger partial charge on any atom is 0.163 e. The van der Waals surface area contributed by atoms with Gasteiger partial charge in [-0.25, -0.2) is 4.39 Å². The maximum atomic E-state index is 13.0. The Morgan fingerprint density at radius 2 is 2.13 bits per heavy atom. The molecule has 0 saturated heterocycles. The van der Waals surface area contributed by atoms with Gasteiger partial charge in [0, 0.05) is 16.5 Å². The predicted molar refractivity (Wildman–Crippen MR) is 60.4 cm³/mol. The van der Waals surface area contributed by atoms with Gasteiger partial charge in [0.2, 0.25) is 0 Å². The van der Waals surface area contributed by atoms with Crippen molar-refractivity contribution in [2.24, 2.45) is 5.92 Å². The van der Waals surface area contributed by atoms with Gasteiger partial charge in [0.1, 0.15) is 5.82 Å². The van der Waals surface area contributed by atoms with Gasteiger partial charge in [0.05, 0.1) is 0 Å². The number of carbonyl (C=O) groups is 1. The molecule has 15 heavy (non-hydrogen) atoms. The summed E-state index contributed by atoms with van der Waals surface area (Å²) in [5, 5.41) is 0. The van der Waals surface area contributed by atoms with Gasteiger partial charge in [0.25, 0.3) is 0 Å². The molecule has 0 bridgehead atoms. The minimum absolute atomic E-state index is 0.0555. The van der Waals surface area contributed by atoms with Crippen LogP contribution in [0.3, 0.4) is 0 Å². The summed E-state index contributed by atoms with van der Waals surface area (Å²) in [7, 11) is 0. The molecule has 0 amide bonds. The Morgan fingerprint density at radius 1 is 1.40 bits per heavy atom. The first-order valence-corrected chi connectivity index (χ1v) is 5.94. The number of rotatable bonds is 3. The summed E-state index contributed by atoms with van der Waals surface area (Å²) >= 11 is 3.19. The Kier molecular flexibility index (Phi) is 3.19. The van der Waals surface area contributed by atoms with Crippen LogP contribution in [0.5, 0.6) is 0 Å². The molecule has 0 N–H and O–H groups in total. The predicted octanol–water partition coefficient (Wildman–Crippen LogP) is 3.96. The Balaban J connectivity index is 2.10. The summed E-state index contributed by atoms with van der Waals surface area (Å²) in [6, 6.07) is 4.36. The van der Waals surface area contributed by atoms with Crippen molar-refractivity contribution < 1.29 is 9.18 Å². The van der Waals surface area contributed by atoms with E-state index in [4.69, 9.17) is 0 Å². The smallest absolute Gasteiger partial charge is 0.163 e. The van der Waals surface area contributed by atoms with E-state index in [9.17, 15) is 9.18 Å². The van der Waals surface area contributed by atoms with Crippen LogP contribution >= 0.6 is 15.9 Å². The molecule has 0 aliphatic heterocycles. The standard InChI is InChI=1S/C12H12BrFO/c13-10-5-9(6-11(14)7-10)12(15)4-8-2-1-3-8/h5-8H,1-4H2. The highest BCUT2D eigenvalue weighted by atomic mass is 79.9. The number of ketones is 1. The largest absolute Gasteiger partial charge is 0.294 e. The zero-order valence-electron chi connectivity index (χ0n) is 8.30. The molecule has 0 unspecified atom stereocenters.